The molecule has 1 atom stereocenters. The van der Waals surface area contributed by atoms with Gasteiger partial charge in [-0.1, -0.05) is 0 Å². The van der Waals surface area contributed by atoms with Crippen molar-refractivity contribution in [1.82, 2.24) is 5.32 Å². The summed E-state index contributed by atoms with van der Waals surface area (Å²) < 4.78 is 5.44. The number of anilines is 1. The third-order valence-electron chi connectivity index (χ3n) is 3.52. The molecule has 2 rings (SSSR count). The van der Waals surface area contributed by atoms with Crippen molar-refractivity contribution < 1.29 is 9.53 Å². The van der Waals surface area contributed by atoms with Crippen molar-refractivity contribution in [2.75, 3.05) is 18.5 Å². The molecule has 0 spiro atoms. The fourth-order valence-corrected chi connectivity index (χ4v) is 2.25. The predicted molar refractivity (Wildman–Crippen MR) is 85.2 cm³/mol. The van der Waals surface area contributed by atoms with E-state index in [0.717, 1.165) is 19.4 Å². The quantitative estimate of drug-likeness (QED) is 0.798. The summed E-state index contributed by atoms with van der Waals surface area (Å²) in [5.41, 5.74) is 0.554. The van der Waals surface area contributed by atoms with Crippen molar-refractivity contribution in [3.05, 3.63) is 41.1 Å². The van der Waals surface area contributed by atoms with Crippen LogP contribution in [-0.4, -0.2) is 25.2 Å². The molecule has 120 valence electrons. The fourth-order valence-electron chi connectivity index (χ4n) is 2.25. The van der Waals surface area contributed by atoms with Crippen LogP contribution in [0.15, 0.2) is 35.5 Å². The van der Waals surface area contributed by atoms with Crippen LogP contribution in [0, 0.1) is 34.0 Å². The number of rotatable bonds is 5. The van der Waals surface area contributed by atoms with Gasteiger partial charge in [0.2, 0.25) is 0 Å². The molecule has 0 bridgehead atoms. The number of nitrogens with one attached hydrogen (secondary N) is 2. The number of nitriles is 3. The van der Waals surface area contributed by atoms with Gasteiger partial charge in [0.05, 0.1) is 6.10 Å². The maximum atomic E-state index is 12.1. The Morgan fingerprint density at radius 3 is 2.42 bits per heavy atom. The number of benzene rings is 1. The number of nitrogens with zero attached hydrogens (tertiary/aromatic N) is 3. The highest BCUT2D eigenvalue weighted by Gasteiger charge is 2.16. The molecule has 0 aliphatic carbocycles. The van der Waals surface area contributed by atoms with Gasteiger partial charge in [-0.2, -0.15) is 15.8 Å². The molecule has 0 aromatic heterocycles. The van der Waals surface area contributed by atoms with Gasteiger partial charge in [-0.15, -0.1) is 0 Å². The molecule has 1 aromatic carbocycles. The standard InChI is InChI=1S/C17H15N5O2/c18-8-13(9-19)16(10-20)22-14-5-3-12(4-6-14)17(23)21-11-15-2-1-7-24-15/h3-6,15,22H,1-2,7,11H2,(H,21,23). The Hall–Kier alpha value is -3.34. The topological polar surface area (TPSA) is 122 Å². The number of amides is 1. The molecule has 1 aliphatic rings. The van der Waals surface area contributed by atoms with Crippen LogP contribution < -0.4 is 10.6 Å². The van der Waals surface area contributed by atoms with Gasteiger partial charge >= 0.3 is 0 Å². The van der Waals surface area contributed by atoms with Gasteiger partial charge in [0.1, 0.15) is 23.9 Å². The number of carbonyl (C=O) groups is 1. The van der Waals surface area contributed by atoms with Crippen LogP contribution >= 0.6 is 0 Å². The zero-order valence-electron chi connectivity index (χ0n) is 12.9. The largest absolute Gasteiger partial charge is 0.376 e. The molecule has 0 radical (unpaired) electrons. The van der Waals surface area contributed by atoms with E-state index in [4.69, 9.17) is 20.5 Å². The minimum Gasteiger partial charge on any atom is -0.376 e. The smallest absolute Gasteiger partial charge is 0.251 e. The molecule has 1 heterocycles. The van der Waals surface area contributed by atoms with E-state index >= 15 is 0 Å². The number of hydrogen-bond acceptors (Lipinski definition) is 6. The van der Waals surface area contributed by atoms with Gasteiger partial charge in [0, 0.05) is 24.4 Å². The van der Waals surface area contributed by atoms with Crippen LogP contribution in [-0.2, 0) is 4.74 Å². The van der Waals surface area contributed by atoms with E-state index in [0.29, 0.717) is 17.8 Å². The predicted octanol–water partition coefficient (Wildman–Crippen LogP) is 1.83. The van der Waals surface area contributed by atoms with Crippen molar-refractivity contribution in [3.8, 4) is 18.2 Å². The number of carbonyl (C=O) groups excluding carboxylic acids is 1. The lowest BCUT2D eigenvalue weighted by Gasteiger charge is -2.11. The average Bonchev–Trinajstić information content (AvgIpc) is 3.14. The maximum Gasteiger partial charge on any atom is 0.251 e. The van der Waals surface area contributed by atoms with Gasteiger partial charge < -0.3 is 15.4 Å². The minimum absolute atomic E-state index is 0.0774. The zero-order chi connectivity index (χ0) is 17.4. The van der Waals surface area contributed by atoms with Gasteiger partial charge in [0.25, 0.3) is 5.91 Å². The Morgan fingerprint density at radius 1 is 1.17 bits per heavy atom. The summed E-state index contributed by atoms with van der Waals surface area (Å²) in [5.74, 6) is -0.206. The molecular formula is C17H15N5O2. The van der Waals surface area contributed by atoms with Gasteiger partial charge in [0.15, 0.2) is 5.57 Å². The number of ether oxygens (including phenoxy) is 1. The van der Waals surface area contributed by atoms with E-state index < -0.39 is 0 Å². The summed E-state index contributed by atoms with van der Waals surface area (Å²) in [6.07, 6.45) is 2.05. The lowest BCUT2D eigenvalue weighted by molar-refractivity contribution is 0.0858. The summed E-state index contributed by atoms with van der Waals surface area (Å²) >= 11 is 0. The van der Waals surface area contributed by atoms with Gasteiger partial charge in [-0.05, 0) is 37.1 Å². The number of hydrogen-bond donors (Lipinski definition) is 2. The summed E-state index contributed by atoms with van der Waals surface area (Å²) in [4.78, 5) is 12.1. The third kappa shape index (κ3) is 4.33. The van der Waals surface area contributed by atoms with E-state index in [1.165, 1.54) is 0 Å². The van der Waals surface area contributed by atoms with E-state index in [2.05, 4.69) is 10.6 Å². The highest BCUT2D eigenvalue weighted by atomic mass is 16.5. The lowest BCUT2D eigenvalue weighted by atomic mass is 10.1. The Morgan fingerprint density at radius 2 is 1.88 bits per heavy atom. The second-order valence-corrected chi connectivity index (χ2v) is 5.13. The van der Waals surface area contributed by atoms with Crippen molar-refractivity contribution in [2.45, 2.75) is 18.9 Å². The molecule has 0 saturated carbocycles. The summed E-state index contributed by atoms with van der Waals surface area (Å²) in [6.45, 7) is 1.22. The van der Waals surface area contributed by atoms with Crippen molar-refractivity contribution in [3.63, 3.8) is 0 Å². The van der Waals surface area contributed by atoms with Crippen molar-refractivity contribution in [1.29, 1.82) is 15.8 Å². The van der Waals surface area contributed by atoms with E-state index in [9.17, 15) is 4.79 Å². The van der Waals surface area contributed by atoms with Crippen molar-refractivity contribution in [2.24, 2.45) is 0 Å². The summed E-state index contributed by atoms with van der Waals surface area (Å²) in [6, 6.07) is 11.5. The van der Waals surface area contributed by atoms with Gasteiger partial charge in [-0.3, -0.25) is 4.79 Å². The molecule has 1 amide bonds. The van der Waals surface area contributed by atoms with Gasteiger partial charge in [-0.25, -0.2) is 0 Å². The van der Waals surface area contributed by atoms with E-state index in [-0.39, 0.29) is 23.3 Å². The average molecular weight is 321 g/mol. The molecule has 24 heavy (non-hydrogen) atoms. The van der Waals surface area contributed by atoms with Crippen LogP contribution in [0.4, 0.5) is 5.69 Å². The first-order chi connectivity index (χ1) is 11.7. The lowest BCUT2D eigenvalue weighted by Crippen LogP contribution is -2.31. The SMILES string of the molecule is N#CC(C#N)=C(C#N)Nc1ccc(C(=O)NCC2CCCO2)cc1. The highest BCUT2D eigenvalue weighted by Crippen LogP contribution is 2.14. The Labute approximate surface area is 139 Å². The van der Waals surface area contributed by atoms with Crippen molar-refractivity contribution >= 4 is 11.6 Å². The molecule has 7 nitrogen and oxygen atoms in total. The van der Waals surface area contributed by atoms with Crippen LogP contribution in [0.2, 0.25) is 0 Å². The maximum absolute atomic E-state index is 12.1. The second-order valence-electron chi connectivity index (χ2n) is 5.13. The Bertz CT molecular complexity index is 740. The molecule has 2 N–H and O–H groups in total. The molecule has 1 aromatic rings. The van der Waals surface area contributed by atoms with E-state index in [1.807, 2.05) is 0 Å². The first-order valence-corrected chi connectivity index (χ1v) is 7.39. The minimum atomic E-state index is -0.295. The first-order valence-electron chi connectivity index (χ1n) is 7.39. The Kier molecular flexibility index (Phi) is 5.91. The Balaban J connectivity index is 1.99. The third-order valence-corrected chi connectivity index (χ3v) is 3.52. The number of allylic oxidation sites excluding steroid dienone is 2. The molecular weight excluding hydrogens is 306 g/mol. The summed E-state index contributed by atoms with van der Waals surface area (Å²) in [7, 11) is 0. The van der Waals surface area contributed by atoms with Crippen LogP contribution in [0.5, 0.6) is 0 Å². The molecule has 1 fully saturated rings. The zero-order valence-corrected chi connectivity index (χ0v) is 12.9. The van der Waals surface area contributed by atoms with Crippen LogP contribution in [0.1, 0.15) is 23.2 Å². The molecule has 1 saturated heterocycles. The van der Waals surface area contributed by atoms with Crippen LogP contribution in [0.3, 0.4) is 0 Å². The summed E-state index contributed by atoms with van der Waals surface area (Å²) in [5, 5.41) is 32.1. The monoisotopic (exact) mass is 321 g/mol. The second kappa shape index (κ2) is 8.33. The normalized spacial score (nSPS) is 15.5. The van der Waals surface area contributed by atoms with E-state index in [1.54, 1.807) is 42.5 Å². The fraction of sp³-hybridized carbons (Fsp3) is 0.294. The molecule has 1 unspecified atom stereocenters. The molecule has 7 heteroatoms. The van der Waals surface area contributed by atoms with Crippen LogP contribution in [0.25, 0.3) is 0 Å². The highest BCUT2D eigenvalue weighted by molar-refractivity contribution is 5.94. The first kappa shape index (κ1) is 17.0. The molecule has 1 aliphatic heterocycles.